The average Bonchev–Trinajstić information content (AvgIpc) is 2.28. The molecule has 0 aliphatic heterocycles. The zero-order valence-corrected chi connectivity index (χ0v) is 13.3. The summed E-state index contributed by atoms with van der Waals surface area (Å²) < 4.78 is 5.78. The molecule has 4 heteroatoms. The third kappa shape index (κ3) is 4.85. The maximum absolute atomic E-state index is 12.0. The van der Waals surface area contributed by atoms with Crippen LogP contribution in [0.3, 0.4) is 0 Å². The lowest BCUT2D eigenvalue weighted by atomic mass is 10.0. The Morgan fingerprint density at radius 3 is 2.40 bits per heavy atom. The number of ether oxygens (including phenoxy) is 1. The summed E-state index contributed by atoms with van der Waals surface area (Å²) in [5, 5.41) is 2.90. The molecule has 1 aromatic rings. The van der Waals surface area contributed by atoms with E-state index >= 15 is 0 Å². The normalized spacial score (nSPS) is 14.6. The van der Waals surface area contributed by atoms with Crippen molar-refractivity contribution in [3.63, 3.8) is 0 Å². The van der Waals surface area contributed by atoms with Crippen molar-refractivity contribution in [3.8, 4) is 5.75 Å². The van der Waals surface area contributed by atoms with Crippen molar-refractivity contribution in [1.82, 2.24) is 5.32 Å². The predicted octanol–water partition coefficient (Wildman–Crippen LogP) is 2.70. The molecule has 1 amide bonds. The Morgan fingerprint density at radius 2 is 1.90 bits per heavy atom. The summed E-state index contributed by atoms with van der Waals surface area (Å²) in [6, 6.07) is 5.68. The van der Waals surface area contributed by atoms with Gasteiger partial charge in [-0.05, 0) is 47.6 Å². The molecule has 1 unspecified atom stereocenters. The van der Waals surface area contributed by atoms with Gasteiger partial charge in [-0.1, -0.05) is 17.7 Å². The number of aryl methyl sites for hydroxylation is 1. The quantitative estimate of drug-likeness (QED) is 0.890. The zero-order valence-electron chi connectivity index (χ0n) is 13.3. The zero-order chi connectivity index (χ0) is 15.5. The summed E-state index contributed by atoms with van der Waals surface area (Å²) in [7, 11) is 0. The van der Waals surface area contributed by atoms with Crippen LogP contribution in [0.1, 0.15) is 51.8 Å². The van der Waals surface area contributed by atoms with Crippen molar-refractivity contribution in [1.29, 1.82) is 0 Å². The highest BCUT2D eigenvalue weighted by Crippen LogP contribution is 2.26. The Kier molecular flexibility index (Phi) is 5.17. The van der Waals surface area contributed by atoms with Gasteiger partial charge in [0.05, 0.1) is 0 Å². The molecule has 0 spiro atoms. The molecule has 1 aromatic carbocycles. The number of rotatable bonds is 4. The van der Waals surface area contributed by atoms with Gasteiger partial charge >= 0.3 is 0 Å². The highest BCUT2D eigenvalue weighted by Gasteiger charge is 2.21. The number of hydrogen-bond donors (Lipinski definition) is 2. The van der Waals surface area contributed by atoms with Gasteiger partial charge in [-0.25, -0.2) is 0 Å². The van der Waals surface area contributed by atoms with E-state index in [1.54, 1.807) is 6.92 Å². The molecule has 4 nitrogen and oxygen atoms in total. The van der Waals surface area contributed by atoms with E-state index in [0.717, 1.165) is 11.1 Å². The Balaban J connectivity index is 2.85. The second kappa shape index (κ2) is 6.27. The maximum Gasteiger partial charge on any atom is 0.261 e. The summed E-state index contributed by atoms with van der Waals surface area (Å²) in [6.45, 7) is 11.5. The van der Waals surface area contributed by atoms with Crippen LogP contribution in [0.4, 0.5) is 0 Å². The molecular formula is C16H26N2O2. The number of benzene rings is 1. The number of nitrogens with two attached hydrogens (primary N) is 1. The molecule has 0 fully saturated rings. The minimum absolute atomic E-state index is 0.131. The number of nitrogens with one attached hydrogen (secondary N) is 1. The first-order valence-electron chi connectivity index (χ1n) is 6.95. The Hall–Kier alpha value is -1.55. The second-order valence-corrected chi connectivity index (χ2v) is 6.33. The Labute approximate surface area is 121 Å². The van der Waals surface area contributed by atoms with Crippen molar-refractivity contribution >= 4 is 5.91 Å². The van der Waals surface area contributed by atoms with E-state index < -0.39 is 6.10 Å². The smallest absolute Gasteiger partial charge is 0.261 e. The van der Waals surface area contributed by atoms with Gasteiger partial charge < -0.3 is 15.8 Å². The lowest BCUT2D eigenvalue weighted by Crippen LogP contribution is -2.46. The van der Waals surface area contributed by atoms with Crippen molar-refractivity contribution < 1.29 is 9.53 Å². The van der Waals surface area contributed by atoms with Gasteiger partial charge in [0.15, 0.2) is 6.10 Å². The first-order chi connectivity index (χ1) is 9.10. The molecule has 20 heavy (non-hydrogen) atoms. The van der Waals surface area contributed by atoms with E-state index in [2.05, 4.69) is 5.32 Å². The molecular weight excluding hydrogens is 252 g/mol. The van der Waals surface area contributed by atoms with E-state index in [0.29, 0.717) is 5.75 Å². The van der Waals surface area contributed by atoms with E-state index in [1.807, 2.05) is 52.8 Å². The fourth-order valence-electron chi connectivity index (χ4n) is 1.85. The molecule has 112 valence electrons. The first-order valence-corrected chi connectivity index (χ1v) is 6.95. The average molecular weight is 278 g/mol. The summed E-state index contributed by atoms with van der Waals surface area (Å²) >= 11 is 0. The third-order valence-corrected chi connectivity index (χ3v) is 2.83. The monoisotopic (exact) mass is 278 g/mol. The van der Waals surface area contributed by atoms with Crippen molar-refractivity contribution in [2.24, 2.45) is 5.73 Å². The van der Waals surface area contributed by atoms with Crippen molar-refractivity contribution in [3.05, 3.63) is 29.3 Å². The molecule has 3 N–H and O–H groups in total. The minimum atomic E-state index is -0.561. The number of carbonyl (C=O) groups excluding carboxylic acids is 1. The van der Waals surface area contributed by atoms with Crippen LogP contribution in [-0.4, -0.2) is 17.6 Å². The van der Waals surface area contributed by atoms with Crippen molar-refractivity contribution in [2.75, 3.05) is 0 Å². The standard InChI is InChI=1S/C16H26N2O2/c1-10-7-8-14(13(9-10)11(2)17)20-12(3)15(19)18-16(4,5)6/h7-9,11-12H,17H2,1-6H3,(H,18,19)/t11-,12?/m1/s1. The van der Waals surface area contributed by atoms with Gasteiger partial charge in [0, 0.05) is 17.1 Å². The first kappa shape index (κ1) is 16.5. The van der Waals surface area contributed by atoms with Gasteiger partial charge in [0.2, 0.25) is 0 Å². The van der Waals surface area contributed by atoms with Crippen LogP contribution < -0.4 is 15.8 Å². The van der Waals surface area contributed by atoms with Crippen LogP contribution in [0.15, 0.2) is 18.2 Å². The van der Waals surface area contributed by atoms with E-state index in [9.17, 15) is 4.79 Å². The minimum Gasteiger partial charge on any atom is -0.481 e. The fraction of sp³-hybridized carbons (Fsp3) is 0.562. The molecule has 1 rings (SSSR count). The summed E-state index contributed by atoms with van der Waals surface area (Å²) in [4.78, 5) is 12.0. The van der Waals surface area contributed by atoms with Crippen LogP contribution >= 0.6 is 0 Å². The summed E-state index contributed by atoms with van der Waals surface area (Å²) in [6.07, 6.45) is -0.561. The predicted molar refractivity (Wildman–Crippen MR) is 81.8 cm³/mol. The maximum atomic E-state index is 12.0. The molecule has 0 heterocycles. The summed E-state index contributed by atoms with van der Waals surface area (Å²) in [5.74, 6) is 0.538. The largest absolute Gasteiger partial charge is 0.481 e. The van der Waals surface area contributed by atoms with Gasteiger partial charge in [-0.3, -0.25) is 4.79 Å². The molecule has 0 radical (unpaired) electrons. The van der Waals surface area contributed by atoms with Gasteiger partial charge in [0.1, 0.15) is 5.75 Å². The molecule has 0 aliphatic carbocycles. The SMILES string of the molecule is Cc1ccc(OC(C)C(=O)NC(C)(C)C)c([C@@H](C)N)c1. The lowest BCUT2D eigenvalue weighted by Gasteiger charge is -2.24. The highest BCUT2D eigenvalue weighted by atomic mass is 16.5. The van der Waals surface area contributed by atoms with Gasteiger partial charge in [0.25, 0.3) is 5.91 Å². The molecule has 0 aromatic heterocycles. The number of hydrogen-bond acceptors (Lipinski definition) is 3. The molecule has 2 atom stereocenters. The molecule has 0 aliphatic rings. The molecule has 0 saturated carbocycles. The van der Waals surface area contributed by atoms with Crippen molar-refractivity contribution in [2.45, 2.75) is 59.2 Å². The van der Waals surface area contributed by atoms with Crippen LogP contribution in [0.2, 0.25) is 0 Å². The molecule has 0 bridgehead atoms. The topological polar surface area (TPSA) is 64.3 Å². The third-order valence-electron chi connectivity index (χ3n) is 2.83. The highest BCUT2D eigenvalue weighted by molar-refractivity contribution is 5.81. The Morgan fingerprint density at radius 1 is 1.30 bits per heavy atom. The van der Waals surface area contributed by atoms with Gasteiger partial charge in [-0.15, -0.1) is 0 Å². The Bertz CT molecular complexity index is 476. The van der Waals surface area contributed by atoms with Crippen LogP contribution in [0.25, 0.3) is 0 Å². The number of carbonyl (C=O) groups is 1. The summed E-state index contributed by atoms with van der Waals surface area (Å²) in [5.41, 5.74) is 7.72. The van der Waals surface area contributed by atoms with E-state index in [1.165, 1.54) is 0 Å². The second-order valence-electron chi connectivity index (χ2n) is 6.33. The lowest BCUT2D eigenvalue weighted by molar-refractivity contribution is -0.128. The van der Waals surface area contributed by atoms with Crippen LogP contribution in [0.5, 0.6) is 5.75 Å². The van der Waals surface area contributed by atoms with Gasteiger partial charge in [-0.2, -0.15) is 0 Å². The van der Waals surface area contributed by atoms with Crippen LogP contribution in [0, 0.1) is 6.92 Å². The molecule has 0 saturated heterocycles. The number of amides is 1. The van der Waals surface area contributed by atoms with E-state index in [4.69, 9.17) is 10.5 Å². The fourth-order valence-corrected chi connectivity index (χ4v) is 1.85. The van der Waals surface area contributed by atoms with Crippen LogP contribution in [-0.2, 0) is 4.79 Å². The van der Waals surface area contributed by atoms with E-state index in [-0.39, 0.29) is 17.5 Å².